The van der Waals surface area contributed by atoms with Crippen molar-refractivity contribution in [3.05, 3.63) is 12.8 Å². The van der Waals surface area contributed by atoms with Gasteiger partial charge in [-0.05, 0) is 19.5 Å². The summed E-state index contributed by atoms with van der Waals surface area (Å²) in [6.07, 6.45) is 1.13. The Morgan fingerprint density at radius 2 is 1.82 bits per heavy atom. The van der Waals surface area contributed by atoms with Gasteiger partial charge in [-0.1, -0.05) is 20.8 Å². The van der Waals surface area contributed by atoms with Crippen molar-refractivity contribution in [2.75, 3.05) is 19.6 Å². The number of hydrogen-bond donors (Lipinski definition) is 0. The van der Waals surface area contributed by atoms with E-state index in [0.717, 1.165) is 19.5 Å². The van der Waals surface area contributed by atoms with Crippen molar-refractivity contribution in [1.82, 2.24) is 4.90 Å². The van der Waals surface area contributed by atoms with Crippen molar-refractivity contribution in [1.29, 1.82) is 0 Å². The molecule has 0 rings (SSSR count). The zero-order valence-corrected chi connectivity index (χ0v) is 9.33. The molecule has 0 saturated carbocycles. The van der Waals surface area contributed by atoms with Gasteiger partial charge in [-0.15, -0.1) is 6.54 Å². The fourth-order valence-corrected chi connectivity index (χ4v) is 0.586. The fourth-order valence-electron chi connectivity index (χ4n) is 0.586. The van der Waals surface area contributed by atoms with Gasteiger partial charge in [0, 0.05) is 1.43 Å². The normalized spacial score (nSPS) is 8.18. The molecule has 0 saturated heterocycles. The zero-order valence-electron chi connectivity index (χ0n) is 7.93. The molecule has 0 spiro atoms. The Morgan fingerprint density at radius 1 is 1.36 bits per heavy atom. The first-order valence-corrected chi connectivity index (χ1v) is 4.01. The van der Waals surface area contributed by atoms with Crippen molar-refractivity contribution in [2.24, 2.45) is 0 Å². The molecule has 0 aromatic rings. The van der Waals surface area contributed by atoms with E-state index in [1.54, 1.807) is 0 Å². The molecule has 0 aromatic heterocycles. The molecule has 11 heavy (non-hydrogen) atoms. The van der Waals surface area contributed by atoms with Crippen molar-refractivity contribution in [3.8, 4) is 0 Å². The Morgan fingerprint density at radius 3 is 2.09 bits per heavy atom. The third-order valence-corrected chi connectivity index (χ3v) is 0.968. The van der Waals surface area contributed by atoms with Crippen LogP contribution in [0, 0.1) is 7.05 Å². The van der Waals surface area contributed by atoms with Crippen LogP contribution >= 0.6 is 0 Å². The van der Waals surface area contributed by atoms with Crippen LogP contribution < -0.4 is 0 Å². The standard InChI is InChI=1S/C6H14N2.C2H6.V.H2/c1-3-5-8(2)6-4-7;1-2;;/h7H,2-6H2,1H3;1-2H3;;1H/q-2;;+2;. The molecule has 0 fully saturated rings. The summed E-state index contributed by atoms with van der Waals surface area (Å²) < 4.78 is 0. The Hall–Kier alpha value is 0.504. The monoisotopic (exact) mass is 197 g/mol. The largest absolute Gasteiger partial charge is 2.00 e. The first-order chi connectivity index (χ1) is 4.81. The van der Waals surface area contributed by atoms with Crippen LogP contribution in [0.1, 0.15) is 28.6 Å². The Balaban J connectivity index is -0.0000000740. The predicted molar refractivity (Wildman–Crippen MR) is 49.9 cm³/mol. The molecular formula is C8H22N2V. The third kappa shape index (κ3) is 18.0. The second kappa shape index (κ2) is 16.8. The zero-order chi connectivity index (χ0) is 8.41. The molecule has 0 aromatic carbocycles. The van der Waals surface area contributed by atoms with E-state index in [9.17, 15) is 0 Å². The van der Waals surface area contributed by atoms with Crippen LogP contribution in [0.2, 0.25) is 0 Å². The molecule has 0 atom stereocenters. The second-order valence-electron chi connectivity index (χ2n) is 1.87. The minimum Gasteiger partial charge on any atom is -0.676 e. The average Bonchev–Trinajstić information content (AvgIpc) is 1.93. The maximum absolute atomic E-state index is 6.83. The van der Waals surface area contributed by atoms with Crippen LogP contribution in [0.15, 0.2) is 0 Å². The van der Waals surface area contributed by atoms with Crippen LogP contribution in [0.5, 0.6) is 0 Å². The van der Waals surface area contributed by atoms with E-state index >= 15 is 0 Å². The SMILES string of the molecule is CC.[CH2-]N(CCC)CC[NH-].[HH].[V+2]. The van der Waals surface area contributed by atoms with Crippen LogP contribution in [0.3, 0.4) is 0 Å². The predicted octanol–water partition coefficient (Wildman–Crippen LogP) is 2.81. The quantitative estimate of drug-likeness (QED) is 0.636. The molecule has 0 unspecified atom stereocenters. The van der Waals surface area contributed by atoms with Gasteiger partial charge >= 0.3 is 18.6 Å². The van der Waals surface area contributed by atoms with Crippen molar-refractivity contribution in [2.45, 2.75) is 27.2 Å². The number of nitrogens with one attached hydrogen (secondary N) is 1. The van der Waals surface area contributed by atoms with Gasteiger partial charge in [-0.2, -0.15) is 0 Å². The van der Waals surface area contributed by atoms with Gasteiger partial charge in [0.15, 0.2) is 0 Å². The van der Waals surface area contributed by atoms with Gasteiger partial charge in [0.2, 0.25) is 0 Å². The van der Waals surface area contributed by atoms with Gasteiger partial charge in [0.25, 0.3) is 0 Å². The summed E-state index contributed by atoms with van der Waals surface area (Å²) in [5.74, 6) is 0. The maximum Gasteiger partial charge on any atom is 2.00 e. The molecule has 1 N–H and O–H groups in total. The van der Waals surface area contributed by atoms with Gasteiger partial charge in [0.1, 0.15) is 0 Å². The average molecular weight is 197 g/mol. The van der Waals surface area contributed by atoms with E-state index in [4.69, 9.17) is 5.73 Å². The van der Waals surface area contributed by atoms with Crippen LogP contribution in [-0.2, 0) is 18.6 Å². The molecule has 0 aliphatic heterocycles. The molecule has 2 nitrogen and oxygen atoms in total. The van der Waals surface area contributed by atoms with E-state index < -0.39 is 0 Å². The first kappa shape index (κ1) is 17.6. The molecule has 1 radical (unpaired) electrons. The van der Waals surface area contributed by atoms with Crippen LogP contribution in [0.4, 0.5) is 0 Å². The number of nitrogens with zero attached hydrogens (tertiary/aromatic N) is 1. The topological polar surface area (TPSA) is 27.0 Å². The van der Waals surface area contributed by atoms with Crippen molar-refractivity contribution >= 4 is 0 Å². The molecule has 0 aliphatic rings. The summed E-state index contributed by atoms with van der Waals surface area (Å²) >= 11 is 0. The van der Waals surface area contributed by atoms with Gasteiger partial charge in [-0.25, -0.2) is 0 Å². The fraction of sp³-hybridized carbons (Fsp3) is 0.875. The molecule has 3 heteroatoms. The van der Waals surface area contributed by atoms with Crippen LogP contribution in [-0.4, -0.2) is 24.5 Å². The molecule has 0 amide bonds. The van der Waals surface area contributed by atoms with Gasteiger partial charge in [-0.3, -0.25) is 7.05 Å². The summed E-state index contributed by atoms with van der Waals surface area (Å²) in [7, 11) is 3.73. The molecule has 0 heterocycles. The van der Waals surface area contributed by atoms with E-state index in [-0.39, 0.29) is 20.0 Å². The number of rotatable bonds is 4. The van der Waals surface area contributed by atoms with Gasteiger partial charge < -0.3 is 10.6 Å². The maximum atomic E-state index is 6.83. The summed E-state index contributed by atoms with van der Waals surface area (Å²) in [6, 6.07) is 0. The third-order valence-electron chi connectivity index (χ3n) is 0.968. The molecule has 0 bridgehead atoms. The summed E-state index contributed by atoms with van der Waals surface area (Å²) in [5.41, 5.74) is 6.83. The van der Waals surface area contributed by atoms with E-state index in [1.807, 2.05) is 18.7 Å². The van der Waals surface area contributed by atoms with E-state index in [0.29, 0.717) is 6.54 Å². The molecule has 69 valence electrons. The van der Waals surface area contributed by atoms with Crippen molar-refractivity contribution < 1.29 is 20.0 Å². The van der Waals surface area contributed by atoms with Gasteiger partial charge in [0.05, 0.1) is 0 Å². The summed E-state index contributed by atoms with van der Waals surface area (Å²) in [4.78, 5) is 1.92. The van der Waals surface area contributed by atoms with Crippen molar-refractivity contribution in [3.63, 3.8) is 0 Å². The minimum absolute atomic E-state index is 0. The van der Waals surface area contributed by atoms with E-state index in [2.05, 4.69) is 14.0 Å². The van der Waals surface area contributed by atoms with E-state index in [1.165, 1.54) is 0 Å². The summed E-state index contributed by atoms with van der Waals surface area (Å²) in [5, 5.41) is 0. The first-order valence-electron chi connectivity index (χ1n) is 4.01. The molecule has 0 aliphatic carbocycles. The Bertz CT molecular complexity index is 50.3. The second-order valence-corrected chi connectivity index (χ2v) is 1.87. The van der Waals surface area contributed by atoms with Crippen LogP contribution in [0.25, 0.3) is 5.73 Å². The number of hydrogen-bond acceptors (Lipinski definition) is 1. The molecular weight excluding hydrogens is 175 g/mol. The Kier molecular flexibility index (Phi) is 26.9. The summed E-state index contributed by atoms with van der Waals surface area (Å²) in [6.45, 7) is 8.39. The minimum atomic E-state index is 0. The Labute approximate surface area is 84.9 Å². The smallest absolute Gasteiger partial charge is 0.676 e.